The van der Waals surface area contributed by atoms with E-state index in [1.54, 1.807) is 0 Å². The van der Waals surface area contributed by atoms with Crippen molar-refractivity contribution >= 4 is 17.0 Å². The molecule has 0 aliphatic heterocycles. The van der Waals surface area contributed by atoms with Crippen LogP contribution in [0.2, 0.25) is 0 Å². The van der Waals surface area contributed by atoms with Crippen LogP contribution >= 0.6 is 0 Å². The van der Waals surface area contributed by atoms with E-state index in [2.05, 4.69) is 46.2 Å². The maximum atomic E-state index is 5.03. The minimum atomic E-state index is 0.458. The Labute approximate surface area is 182 Å². The van der Waals surface area contributed by atoms with Crippen molar-refractivity contribution in [2.24, 2.45) is 7.05 Å². The second-order valence-electron chi connectivity index (χ2n) is 8.52. The maximum Gasteiger partial charge on any atom is 0.167 e. The molecule has 0 amide bonds. The molecule has 1 N–H and O–H groups in total. The van der Waals surface area contributed by atoms with E-state index in [0.717, 1.165) is 33.9 Å². The molecule has 0 saturated heterocycles. The molecule has 0 bridgehead atoms. The molecule has 0 radical (unpaired) electrons. The van der Waals surface area contributed by atoms with Gasteiger partial charge in [0.1, 0.15) is 5.52 Å². The van der Waals surface area contributed by atoms with Gasteiger partial charge >= 0.3 is 0 Å². The van der Waals surface area contributed by atoms with Crippen molar-refractivity contribution in [1.29, 1.82) is 0 Å². The van der Waals surface area contributed by atoms with Crippen molar-refractivity contribution in [2.45, 2.75) is 58.5 Å². The van der Waals surface area contributed by atoms with E-state index in [1.807, 2.05) is 31.0 Å². The van der Waals surface area contributed by atoms with Crippen LogP contribution < -0.4 is 5.32 Å². The van der Waals surface area contributed by atoms with Gasteiger partial charge in [0.05, 0.1) is 17.6 Å². The normalized spacial score (nSPS) is 14.9. The van der Waals surface area contributed by atoms with Crippen molar-refractivity contribution in [1.82, 2.24) is 29.3 Å². The first-order valence-electron chi connectivity index (χ1n) is 11.1. The first-order valence-corrected chi connectivity index (χ1v) is 11.1. The van der Waals surface area contributed by atoms with Crippen LogP contribution in [0.1, 0.15) is 55.1 Å². The van der Waals surface area contributed by atoms with Crippen molar-refractivity contribution < 1.29 is 0 Å². The van der Waals surface area contributed by atoms with Crippen molar-refractivity contribution in [3.63, 3.8) is 0 Å². The predicted molar refractivity (Wildman–Crippen MR) is 123 cm³/mol. The lowest BCUT2D eigenvalue weighted by atomic mass is 9.95. The molecule has 7 nitrogen and oxygen atoms in total. The monoisotopic (exact) mass is 415 g/mol. The number of imidazole rings is 1. The molecular formula is C24H29N7. The van der Waals surface area contributed by atoms with Crippen LogP contribution in [0.15, 0.2) is 36.7 Å². The number of hydrogen-bond acceptors (Lipinski definition) is 5. The Morgan fingerprint density at radius 3 is 2.52 bits per heavy atom. The highest BCUT2D eigenvalue weighted by atomic mass is 15.3. The Morgan fingerprint density at radius 2 is 1.81 bits per heavy atom. The van der Waals surface area contributed by atoms with Crippen LogP contribution in [0, 0.1) is 13.8 Å². The first kappa shape index (κ1) is 19.7. The lowest BCUT2D eigenvalue weighted by Gasteiger charge is -2.23. The average molecular weight is 416 g/mol. The zero-order chi connectivity index (χ0) is 21.4. The van der Waals surface area contributed by atoms with E-state index in [0.29, 0.717) is 18.4 Å². The first-order chi connectivity index (χ1) is 15.1. The summed E-state index contributed by atoms with van der Waals surface area (Å²) < 4.78 is 4.17. The van der Waals surface area contributed by atoms with Crippen molar-refractivity contribution in [3.8, 4) is 11.4 Å². The largest absolute Gasteiger partial charge is 0.364 e. The second kappa shape index (κ2) is 8.13. The molecule has 3 aromatic heterocycles. The summed E-state index contributed by atoms with van der Waals surface area (Å²) in [5.41, 5.74) is 5.96. The smallest absolute Gasteiger partial charge is 0.167 e. The van der Waals surface area contributed by atoms with E-state index in [4.69, 9.17) is 15.0 Å². The molecule has 0 atom stereocenters. The molecule has 31 heavy (non-hydrogen) atoms. The Kier molecular flexibility index (Phi) is 5.18. The fraction of sp³-hybridized carbons (Fsp3) is 0.417. The number of hydrogen-bond donors (Lipinski definition) is 1. The molecule has 4 aromatic rings. The summed E-state index contributed by atoms with van der Waals surface area (Å²) in [5.74, 6) is 1.49. The standard InChI is InChI=1S/C24H29N7/c1-16-20(17(2)30(3)29-16)22-27-23(25-14-18-10-6-4-7-11-18)21-24(28-22)31(15-26-21)19-12-8-5-9-13-19/h4,6-7,10-11,15,19H,5,8-9,12-14H2,1-3H3,(H,25,27,28). The van der Waals surface area contributed by atoms with Crippen LogP contribution in [0.25, 0.3) is 22.6 Å². The lowest BCUT2D eigenvalue weighted by molar-refractivity contribution is 0.358. The van der Waals surface area contributed by atoms with Gasteiger partial charge in [-0.3, -0.25) is 4.68 Å². The van der Waals surface area contributed by atoms with Gasteiger partial charge in [0.15, 0.2) is 17.3 Å². The Hall–Kier alpha value is -3.22. The van der Waals surface area contributed by atoms with Crippen molar-refractivity contribution in [3.05, 3.63) is 53.6 Å². The van der Waals surface area contributed by atoms with Gasteiger partial charge in [0, 0.05) is 25.3 Å². The van der Waals surface area contributed by atoms with Gasteiger partial charge < -0.3 is 9.88 Å². The van der Waals surface area contributed by atoms with Gasteiger partial charge in [-0.25, -0.2) is 15.0 Å². The number of aryl methyl sites for hydroxylation is 2. The maximum absolute atomic E-state index is 5.03. The Balaban J connectivity index is 1.62. The van der Waals surface area contributed by atoms with Crippen LogP contribution in [-0.2, 0) is 13.6 Å². The number of nitrogens with zero attached hydrogens (tertiary/aromatic N) is 6. The highest BCUT2D eigenvalue weighted by Gasteiger charge is 2.23. The molecular weight excluding hydrogens is 386 g/mol. The minimum absolute atomic E-state index is 0.458. The highest BCUT2D eigenvalue weighted by molar-refractivity contribution is 5.85. The van der Waals surface area contributed by atoms with Gasteiger partial charge in [-0.2, -0.15) is 5.10 Å². The summed E-state index contributed by atoms with van der Waals surface area (Å²) in [6, 6.07) is 10.8. The number of benzene rings is 1. The fourth-order valence-corrected chi connectivity index (χ4v) is 4.66. The van der Waals surface area contributed by atoms with E-state index < -0.39 is 0 Å². The molecule has 1 aliphatic carbocycles. The predicted octanol–water partition coefficient (Wildman–Crippen LogP) is 4.96. The Bertz CT molecular complexity index is 1200. The van der Waals surface area contributed by atoms with Crippen LogP contribution in [-0.4, -0.2) is 29.3 Å². The molecule has 5 rings (SSSR count). The SMILES string of the molecule is Cc1nn(C)c(C)c1-c1nc(NCc2ccccc2)c2ncn(C3CCCCC3)c2n1. The third-order valence-corrected chi connectivity index (χ3v) is 6.42. The third kappa shape index (κ3) is 3.69. The number of fused-ring (bicyclic) bond motifs is 1. The summed E-state index contributed by atoms with van der Waals surface area (Å²) in [6.07, 6.45) is 8.17. The van der Waals surface area contributed by atoms with Gasteiger partial charge in [-0.15, -0.1) is 0 Å². The number of nitrogens with one attached hydrogen (secondary N) is 1. The van der Waals surface area contributed by atoms with E-state index in [-0.39, 0.29) is 0 Å². The van der Waals surface area contributed by atoms with Gasteiger partial charge in [0.2, 0.25) is 0 Å². The van der Waals surface area contributed by atoms with Gasteiger partial charge in [0.25, 0.3) is 0 Å². The summed E-state index contributed by atoms with van der Waals surface area (Å²) in [6.45, 7) is 4.78. The average Bonchev–Trinajstić information content (AvgIpc) is 3.33. The van der Waals surface area contributed by atoms with Gasteiger partial charge in [-0.1, -0.05) is 49.6 Å². The van der Waals surface area contributed by atoms with Crippen LogP contribution in [0.3, 0.4) is 0 Å². The third-order valence-electron chi connectivity index (χ3n) is 6.42. The summed E-state index contributed by atoms with van der Waals surface area (Å²) >= 11 is 0. The Morgan fingerprint density at radius 1 is 1.03 bits per heavy atom. The molecule has 1 fully saturated rings. The molecule has 0 unspecified atom stereocenters. The highest BCUT2D eigenvalue weighted by Crippen LogP contribution is 2.33. The number of aromatic nitrogens is 6. The molecule has 1 saturated carbocycles. The molecule has 3 heterocycles. The summed E-state index contributed by atoms with van der Waals surface area (Å²) in [4.78, 5) is 14.7. The van der Waals surface area contributed by atoms with Crippen LogP contribution in [0.5, 0.6) is 0 Å². The molecule has 0 spiro atoms. The van der Waals surface area contributed by atoms with Crippen molar-refractivity contribution in [2.75, 3.05) is 5.32 Å². The summed E-state index contributed by atoms with van der Waals surface area (Å²) in [7, 11) is 1.96. The zero-order valence-corrected chi connectivity index (χ0v) is 18.5. The fourth-order valence-electron chi connectivity index (χ4n) is 4.66. The van der Waals surface area contributed by atoms with E-state index in [9.17, 15) is 0 Å². The molecule has 1 aliphatic rings. The number of rotatable bonds is 5. The topological polar surface area (TPSA) is 73.5 Å². The quantitative estimate of drug-likeness (QED) is 0.499. The molecule has 1 aromatic carbocycles. The van der Waals surface area contributed by atoms with E-state index >= 15 is 0 Å². The second-order valence-corrected chi connectivity index (χ2v) is 8.52. The minimum Gasteiger partial charge on any atom is -0.364 e. The number of anilines is 1. The van der Waals surface area contributed by atoms with Crippen LogP contribution in [0.4, 0.5) is 5.82 Å². The molecule has 160 valence electrons. The van der Waals surface area contributed by atoms with E-state index in [1.165, 1.54) is 37.7 Å². The van der Waals surface area contributed by atoms with Gasteiger partial charge in [-0.05, 0) is 32.3 Å². The zero-order valence-electron chi connectivity index (χ0n) is 18.5. The summed E-state index contributed by atoms with van der Waals surface area (Å²) in [5, 5.41) is 8.11. The lowest BCUT2D eigenvalue weighted by Crippen LogP contribution is -2.13. The molecule has 7 heteroatoms.